The number of likely N-dealkylation sites (tertiary alicyclic amines) is 1. The summed E-state index contributed by atoms with van der Waals surface area (Å²) in [7, 11) is 2.15. The number of hydrogen-bond acceptors (Lipinski definition) is 7. The van der Waals surface area contributed by atoms with E-state index in [4.69, 9.17) is 4.98 Å². The van der Waals surface area contributed by atoms with E-state index in [1.807, 2.05) is 12.1 Å². The molecule has 0 spiro atoms. The van der Waals surface area contributed by atoms with Gasteiger partial charge < -0.3 is 25.0 Å². The lowest BCUT2D eigenvalue weighted by molar-refractivity contribution is -0.127. The number of nitrogens with one attached hydrogen (secondary N) is 2. The second-order valence-corrected chi connectivity index (χ2v) is 9.33. The molecular formula is C26H31N7O2. The number of pyridine rings is 1. The highest BCUT2D eigenvalue weighted by Gasteiger charge is 2.26. The normalized spacial score (nSPS) is 19.1. The number of amides is 1. The number of aromatic nitrogens is 3. The predicted molar refractivity (Wildman–Crippen MR) is 138 cm³/mol. The molecule has 2 aromatic heterocycles. The van der Waals surface area contributed by atoms with Crippen LogP contribution in [0.5, 0.6) is 0 Å². The van der Waals surface area contributed by atoms with E-state index in [9.17, 15) is 9.59 Å². The summed E-state index contributed by atoms with van der Waals surface area (Å²) in [6.07, 6.45) is 4.75. The molecule has 0 radical (unpaired) electrons. The number of carbonyl (C=O) groups excluding carboxylic acids is 1. The van der Waals surface area contributed by atoms with Crippen molar-refractivity contribution in [2.75, 3.05) is 56.5 Å². The van der Waals surface area contributed by atoms with E-state index in [1.54, 1.807) is 17.2 Å². The average Bonchev–Trinajstić information content (AvgIpc) is 2.89. The first-order chi connectivity index (χ1) is 17.0. The molecule has 1 unspecified atom stereocenters. The maximum absolute atomic E-state index is 12.3. The highest BCUT2D eigenvalue weighted by molar-refractivity contribution is 5.87. The van der Waals surface area contributed by atoms with E-state index in [1.165, 1.54) is 11.8 Å². The lowest BCUT2D eigenvalue weighted by Gasteiger charge is -2.34. The molecule has 4 heterocycles. The average molecular weight is 474 g/mol. The Balaban J connectivity index is 1.38. The van der Waals surface area contributed by atoms with Crippen LogP contribution in [0.15, 0.2) is 54.0 Å². The summed E-state index contributed by atoms with van der Waals surface area (Å²) in [5, 5.41) is 3.30. The number of anilines is 3. The summed E-state index contributed by atoms with van der Waals surface area (Å²) in [6, 6.07) is 9.91. The molecule has 5 rings (SSSR count). The fourth-order valence-electron chi connectivity index (χ4n) is 4.95. The number of piperazine rings is 1. The molecule has 0 saturated carbocycles. The van der Waals surface area contributed by atoms with Gasteiger partial charge in [0.2, 0.25) is 17.4 Å². The van der Waals surface area contributed by atoms with Crippen LogP contribution in [-0.4, -0.2) is 77.0 Å². The third-order valence-corrected chi connectivity index (χ3v) is 6.95. The number of piperidine rings is 1. The predicted octanol–water partition coefficient (Wildman–Crippen LogP) is 2.71. The standard InChI is InChI=1S/C26H31N7O2/c1-3-24(35)33-10-4-5-18(17-33)21-15-23(34)29-22-16-27-26(30-25(21)22)28-19-6-8-20(9-7-19)32-13-11-31(2)12-14-32/h3,6-9,15-16,18H,1,4-5,10-14,17H2,2H3,(H,29,34)(H,27,28,30). The van der Waals surface area contributed by atoms with Gasteiger partial charge in [-0.05, 0) is 55.8 Å². The molecule has 2 saturated heterocycles. The van der Waals surface area contributed by atoms with E-state index in [0.717, 1.165) is 50.3 Å². The molecule has 9 heteroatoms. The third kappa shape index (κ3) is 5.05. The molecule has 1 aromatic carbocycles. The summed E-state index contributed by atoms with van der Waals surface area (Å²) >= 11 is 0. The van der Waals surface area contributed by atoms with Gasteiger partial charge >= 0.3 is 0 Å². The number of fused-ring (bicyclic) bond motifs is 1. The Morgan fingerprint density at radius 3 is 2.69 bits per heavy atom. The number of hydrogen-bond donors (Lipinski definition) is 2. The van der Waals surface area contributed by atoms with Crippen molar-refractivity contribution in [2.45, 2.75) is 18.8 Å². The summed E-state index contributed by atoms with van der Waals surface area (Å²) in [5.41, 5.74) is 4.06. The second kappa shape index (κ2) is 9.87. The van der Waals surface area contributed by atoms with Gasteiger partial charge in [-0.3, -0.25) is 9.59 Å². The minimum atomic E-state index is -0.191. The Morgan fingerprint density at radius 2 is 1.94 bits per heavy atom. The summed E-state index contributed by atoms with van der Waals surface area (Å²) < 4.78 is 0. The van der Waals surface area contributed by atoms with Crippen molar-refractivity contribution < 1.29 is 4.79 Å². The van der Waals surface area contributed by atoms with Crippen molar-refractivity contribution in [1.82, 2.24) is 24.8 Å². The Hall–Kier alpha value is -3.72. The van der Waals surface area contributed by atoms with Crippen LogP contribution in [0.25, 0.3) is 11.0 Å². The number of nitrogens with zero attached hydrogens (tertiary/aromatic N) is 5. The van der Waals surface area contributed by atoms with Crippen LogP contribution in [-0.2, 0) is 4.79 Å². The number of rotatable bonds is 5. The first-order valence-corrected chi connectivity index (χ1v) is 12.1. The topological polar surface area (TPSA) is 97.5 Å². The fraction of sp³-hybridized carbons (Fsp3) is 0.385. The molecule has 1 atom stereocenters. The molecule has 0 bridgehead atoms. The molecule has 2 fully saturated rings. The molecule has 3 aromatic rings. The highest BCUT2D eigenvalue weighted by atomic mass is 16.2. The van der Waals surface area contributed by atoms with Crippen LogP contribution < -0.4 is 15.8 Å². The zero-order valence-corrected chi connectivity index (χ0v) is 20.0. The lowest BCUT2D eigenvalue weighted by atomic mass is 9.90. The van der Waals surface area contributed by atoms with Crippen LogP contribution in [0, 0.1) is 0 Å². The van der Waals surface area contributed by atoms with Crippen molar-refractivity contribution in [3.63, 3.8) is 0 Å². The van der Waals surface area contributed by atoms with Gasteiger partial charge in [-0.2, -0.15) is 0 Å². The smallest absolute Gasteiger partial charge is 0.248 e. The van der Waals surface area contributed by atoms with E-state index in [2.05, 4.69) is 50.8 Å². The summed E-state index contributed by atoms with van der Waals surface area (Å²) in [4.78, 5) is 43.1. The first kappa shape index (κ1) is 23.0. The van der Waals surface area contributed by atoms with Crippen LogP contribution in [0.3, 0.4) is 0 Å². The van der Waals surface area contributed by atoms with Crippen molar-refractivity contribution >= 4 is 34.3 Å². The maximum atomic E-state index is 12.3. The molecule has 182 valence electrons. The largest absolute Gasteiger partial charge is 0.369 e. The number of carbonyl (C=O) groups is 1. The van der Waals surface area contributed by atoms with E-state index < -0.39 is 0 Å². The van der Waals surface area contributed by atoms with Crippen LogP contribution in [0.2, 0.25) is 0 Å². The monoisotopic (exact) mass is 473 g/mol. The van der Waals surface area contributed by atoms with Gasteiger partial charge in [0, 0.05) is 62.6 Å². The van der Waals surface area contributed by atoms with Crippen molar-refractivity contribution in [3.05, 3.63) is 65.1 Å². The van der Waals surface area contributed by atoms with E-state index >= 15 is 0 Å². The van der Waals surface area contributed by atoms with Crippen LogP contribution in [0.4, 0.5) is 17.3 Å². The molecule has 35 heavy (non-hydrogen) atoms. The Bertz CT molecular complexity index is 1280. The Labute approximate surface area is 204 Å². The fourth-order valence-corrected chi connectivity index (χ4v) is 4.95. The minimum absolute atomic E-state index is 0.0306. The van der Waals surface area contributed by atoms with Gasteiger partial charge in [-0.15, -0.1) is 0 Å². The zero-order valence-electron chi connectivity index (χ0n) is 20.0. The van der Waals surface area contributed by atoms with Gasteiger partial charge in [-0.1, -0.05) is 6.58 Å². The molecule has 2 N–H and O–H groups in total. The van der Waals surface area contributed by atoms with Gasteiger partial charge in [0.15, 0.2) is 0 Å². The molecular weight excluding hydrogens is 442 g/mol. The number of benzene rings is 1. The van der Waals surface area contributed by atoms with Crippen LogP contribution in [0.1, 0.15) is 24.3 Å². The first-order valence-electron chi connectivity index (χ1n) is 12.1. The summed E-state index contributed by atoms with van der Waals surface area (Å²) in [5.74, 6) is 0.414. The number of aromatic amines is 1. The Kier molecular flexibility index (Phi) is 6.50. The van der Waals surface area contributed by atoms with Crippen molar-refractivity contribution in [1.29, 1.82) is 0 Å². The zero-order chi connectivity index (χ0) is 24.4. The van der Waals surface area contributed by atoms with Gasteiger partial charge in [-0.25, -0.2) is 9.97 Å². The molecule has 2 aliphatic heterocycles. The quantitative estimate of drug-likeness (QED) is 0.550. The lowest BCUT2D eigenvalue weighted by Crippen LogP contribution is -2.44. The third-order valence-electron chi connectivity index (χ3n) is 6.95. The van der Waals surface area contributed by atoms with Gasteiger partial charge in [0.25, 0.3) is 0 Å². The second-order valence-electron chi connectivity index (χ2n) is 9.33. The molecule has 2 aliphatic rings. The molecule has 0 aliphatic carbocycles. The van der Waals surface area contributed by atoms with Crippen molar-refractivity contribution in [3.8, 4) is 0 Å². The maximum Gasteiger partial charge on any atom is 0.248 e. The summed E-state index contributed by atoms with van der Waals surface area (Å²) in [6.45, 7) is 9.03. The van der Waals surface area contributed by atoms with Gasteiger partial charge in [0.1, 0.15) is 0 Å². The highest BCUT2D eigenvalue weighted by Crippen LogP contribution is 2.30. The molecule has 9 nitrogen and oxygen atoms in total. The van der Waals surface area contributed by atoms with Crippen molar-refractivity contribution in [2.24, 2.45) is 0 Å². The Morgan fingerprint density at radius 1 is 1.17 bits per heavy atom. The van der Waals surface area contributed by atoms with E-state index in [0.29, 0.717) is 30.1 Å². The van der Waals surface area contributed by atoms with E-state index in [-0.39, 0.29) is 17.4 Å². The number of H-pyrrole nitrogens is 1. The SMILES string of the molecule is C=CC(=O)N1CCCC(c2cc(=O)[nH]c3cnc(Nc4ccc(N5CCN(C)CC5)cc4)nc23)C1. The van der Waals surface area contributed by atoms with Gasteiger partial charge in [0.05, 0.1) is 17.2 Å². The molecule has 1 amide bonds. The number of likely N-dealkylation sites (N-methyl/N-ethyl adjacent to an activating group) is 1. The minimum Gasteiger partial charge on any atom is -0.369 e. The van der Waals surface area contributed by atoms with Crippen LogP contribution >= 0.6 is 0 Å².